The lowest BCUT2D eigenvalue weighted by molar-refractivity contribution is -0.138. The fourth-order valence-corrected chi connectivity index (χ4v) is 2.98. The molecule has 0 bridgehead atoms. The van der Waals surface area contributed by atoms with Gasteiger partial charge in [-0.2, -0.15) is 4.98 Å². The molecule has 0 N–H and O–H groups in total. The fraction of sp³-hybridized carbons (Fsp3) is 0.812. The number of carbonyl (C=O) groups is 1. The van der Waals surface area contributed by atoms with Crippen LogP contribution in [0.25, 0.3) is 0 Å². The van der Waals surface area contributed by atoms with Crippen LogP contribution in [0, 0.1) is 18.3 Å². The maximum atomic E-state index is 12.2. The molecule has 1 saturated heterocycles. The Morgan fingerprint density at radius 2 is 2.00 bits per heavy atom. The number of aromatic nitrogens is 2. The number of piperidine rings is 1. The second-order valence-electron chi connectivity index (χ2n) is 7.38. The average Bonchev–Trinajstić information content (AvgIpc) is 2.84. The van der Waals surface area contributed by atoms with Gasteiger partial charge in [0.15, 0.2) is 5.82 Å². The lowest BCUT2D eigenvalue weighted by Gasteiger charge is -2.34. The first kappa shape index (κ1) is 16.9. The van der Waals surface area contributed by atoms with Gasteiger partial charge in [0, 0.05) is 25.9 Å². The maximum absolute atomic E-state index is 12.2. The maximum Gasteiger partial charge on any atom is 0.227 e. The van der Waals surface area contributed by atoms with E-state index in [1.165, 1.54) is 0 Å². The highest BCUT2D eigenvalue weighted by molar-refractivity contribution is 5.81. The number of rotatable bonds is 4. The minimum atomic E-state index is -0.300. The van der Waals surface area contributed by atoms with Gasteiger partial charge in [-0.05, 0) is 31.8 Å². The van der Waals surface area contributed by atoms with Crippen molar-refractivity contribution in [3.63, 3.8) is 0 Å². The first-order valence-electron chi connectivity index (χ1n) is 8.03. The molecular weight excluding hydrogens is 280 g/mol. The number of hydrogen-bond donors (Lipinski definition) is 0. The second kappa shape index (κ2) is 6.77. The summed E-state index contributed by atoms with van der Waals surface area (Å²) in [6.45, 7) is 11.4. The van der Waals surface area contributed by atoms with Gasteiger partial charge in [0.2, 0.25) is 11.8 Å². The van der Waals surface area contributed by atoms with Crippen molar-refractivity contribution in [3.8, 4) is 0 Å². The number of carbonyl (C=O) groups excluding carboxylic acids is 1. The minimum Gasteiger partial charge on any atom is -0.345 e. The van der Waals surface area contributed by atoms with E-state index in [0.717, 1.165) is 44.8 Å². The molecule has 0 aliphatic carbocycles. The molecule has 1 aliphatic heterocycles. The van der Waals surface area contributed by atoms with Crippen molar-refractivity contribution in [2.45, 2.75) is 47.1 Å². The third-order valence-corrected chi connectivity index (χ3v) is 4.16. The largest absolute Gasteiger partial charge is 0.345 e. The summed E-state index contributed by atoms with van der Waals surface area (Å²) in [6, 6.07) is 0. The molecule has 1 fully saturated rings. The number of aryl methyl sites for hydroxylation is 1. The van der Waals surface area contributed by atoms with Gasteiger partial charge in [0.25, 0.3) is 0 Å². The van der Waals surface area contributed by atoms with Crippen molar-refractivity contribution in [2.24, 2.45) is 11.3 Å². The number of amides is 1. The summed E-state index contributed by atoms with van der Waals surface area (Å²) in [5.41, 5.74) is -0.300. The van der Waals surface area contributed by atoms with E-state index >= 15 is 0 Å². The normalized spacial score (nSPS) is 17.7. The third kappa shape index (κ3) is 4.53. The molecule has 6 heteroatoms. The molecule has 6 nitrogen and oxygen atoms in total. The van der Waals surface area contributed by atoms with E-state index in [2.05, 4.69) is 15.0 Å². The van der Waals surface area contributed by atoms with Gasteiger partial charge in [0.05, 0.1) is 6.54 Å². The molecular formula is C16H28N4O2. The molecule has 22 heavy (non-hydrogen) atoms. The van der Waals surface area contributed by atoms with E-state index in [9.17, 15) is 4.79 Å². The summed E-state index contributed by atoms with van der Waals surface area (Å²) in [5, 5.41) is 3.95. The van der Waals surface area contributed by atoms with Crippen molar-refractivity contribution in [1.82, 2.24) is 19.9 Å². The average molecular weight is 308 g/mol. The van der Waals surface area contributed by atoms with Crippen LogP contribution in [0.1, 0.15) is 45.3 Å². The summed E-state index contributed by atoms with van der Waals surface area (Å²) in [7, 11) is 1.92. The third-order valence-electron chi connectivity index (χ3n) is 4.16. The Bertz CT molecular complexity index is 498. The highest BCUT2D eigenvalue weighted by Crippen LogP contribution is 2.22. The Labute approximate surface area is 132 Å². The number of hydrogen-bond acceptors (Lipinski definition) is 5. The van der Waals surface area contributed by atoms with Gasteiger partial charge in [-0.25, -0.2) is 0 Å². The fourth-order valence-electron chi connectivity index (χ4n) is 2.98. The van der Waals surface area contributed by atoms with Crippen LogP contribution < -0.4 is 0 Å². The lowest BCUT2D eigenvalue weighted by atomic mass is 9.92. The van der Waals surface area contributed by atoms with Gasteiger partial charge in [0.1, 0.15) is 0 Å². The standard InChI is InChI=1S/C16H28N4O2/c1-12-17-14(18-22-12)11-20-8-6-13(7-9-20)10-19(5)15(21)16(2,3)4/h13H,6-11H2,1-5H3. The molecule has 0 aromatic carbocycles. The predicted octanol–water partition coefficient (Wildman–Crippen LogP) is 2.09. The molecule has 0 radical (unpaired) electrons. The van der Waals surface area contributed by atoms with Gasteiger partial charge in [-0.1, -0.05) is 25.9 Å². The van der Waals surface area contributed by atoms with Crippen LogP contribution in [-0.2, 0) is 11.3 Å². The SMILES string of the molecule is Cc1nc(CN2CCC(CN(C)C(=O)C(C)(C)C)CC2)no1. The predicted molar refractivity (Wildman–Crippen MR) is 84.1 cm³/mol. The first-order chi connectivity index (χ1) is 10.3. The molecule has 2 heterocycles. The van der Waals surface area contributed by atoms with E-state index in [-0.39, 0.29) is 11.3 Å². The van der Waals surface area contributed by atoms with Crippen LogP contribution in [0.4, 0.5) is 0 Å². The van der Waals surface area contributed by atoms with Crippen LogP contribution in [0.15, 0.2) is 4.52 Å². The minimum absolute atomic E-state index is 0.220. The van der Waals surface area contributed by atoms with E-state index in [4.69, 9.17) is 4.52 Å². The van der Waals surface area contributed by atoms with Crippen LogP contribution in [0.3, 0.4) is 0 Å². The number of likely N-dealkylation sites (tertiary alicyclic amines) is 1. The monoisotopic (exact) mass is 308 g/mol. The summed E-state index contributed by atoms with van der Waals surface area (Å²) in [5.74, 6) is 2.18. The first-order valence-corrected chi connectivity index (χ1v) is 8.03. The van der Waals surface area contributed by atoms with Crippen molar-refractivity contribution in [1.29, 1.82) is 0 Å². The summed E-state index contributed by atoms with van der Waals surface area (Å²) in [6.07, 6.45) is 2.22. The van der Waals surface area contributed by atoms with Crippen LogP contribution >= 0.6 is 0 Å². The van der Waals surface area contributed by atoms with E-state index in [1.807, 2.05) is 39.6 Å². The zero-order valence-electron chi connectivity index (χ0n) is 14.4. The molecule has 0 spiro atoms. The highest BCUT2D eigenvalue weighted by atomic mass is 16.5. The zero-order valence-corrected chi connectivity index (χ0v) is 14.4. The van der Waals surface area contributed by atoms with Crippen LogP contribution in [-0.4, -0.2) is 52.5 Å². The quantitative estimate of drug-likeness (QED) is 0.852. The van der Waals surface area contributed by atoms with Crippen molar-refractivity contribution in [2.75, 3.05) is 26.7 Å². The lowest BCUT2D eigenvalue weighted by Crippen LogP contribution is -2.42. The van der Waals surface area contributed by atoms with E-state index in [0.29, 0.717) is 11.8 Å². The molecule has 124 valence electrons. The van der Waals surface area contributed by atoms with Crippen molar-refractivity contribution >= 4 is 5.91 Å². The van der Waals surface area contributed by atoms with Crippen molar-refractivity contribution in [3.05, 3.63) is 11.7 Å². The summed E-state index contributed by atoms with van der Waals surface area (Å²) >= 11 is 0. The van der Waals surface area contributed by atoms with Gasteiger partial charge in [-0.15, -0.1) is 0 Å². The number of nitrogens with zero attached hydrogens (tertiary/aromatic N) is 4. The Hall–Kier alpha value is -1.43. The van der Waals surface area contributed by atoms with Gasteiger partial charge >= 0.3 is 0 Å². The van der Waals surface area contributed by atoms with Crippen LogP contribution in [0.2, 0.25) is 0 Å². The second-order valence-corrected chi connectivity index (χ2v) is 7.38. The Morgan fingerprint density at radius 3 is 2.50 bits per heavy atom. The van der Waals surface area contributed by atoms with Gasteiger partial charge in [-0.3, -0.25) is 9.69 Å². The smallest absolute Gasteiger partial charge is 0.227 e. The topological polar surface area (TPSA) is 62.5 Å². The van der Waals surface area contributed by atoms with E-state index in [1.54, 1.807) is 0 Å². The molecule has 0 unspecified atom stereocenters. The Morgan fingerprint density at radius 1 is 1.36 bits per heavy atom. The molecule has 2 rings (SSSR count). The Kier molecular flexibility index (Phi) is 5.21. The summed E-state index contributed by atoms with van der Waals surface area (Å²) < 4.78 is 5.01. The molecule has 0 saturated carbocycles. The molecule has 1 aliphatic rings. The molecule has 1 amide bonds. The Balaban J connectivity index is 1.76. The summed E-state index contributed by atoms with van der Waals surface area (Å²) in [4.78, 5) is 20.7. The van der Waals surface area contributed by atoms with Gasteiger partial charge < -0.3 is 9.42 Å². The van der Waals surface area contributed by atoms with Crippen LogP contribution in [0.5, 0.6) is 0 Å². The highest BCUT2D eigenvalue weighted by Gasteiger charge is 2.28. The molecule has 0 atom stereocenters. The molecule has 1 aromatic heterocycles. The van der Waals surface area contributed by atoms with Crippen molar-refractivity contribution < 1.29 is 9.32 Å². The molecule has 1 aromatic rings. The zero-order chi connectivity index (χ0) is 16.3. The van der Waals surface area contributed by atoms with E-state index < -0.39 is 0 Å².